The zero-order valence-corrected chi connectivity index (χ0v) is 11.9. The predicted molar refractivity (Wildman–Crippen MR) is 75.9 cm³/mol. The zero-order chi connectivity index (χ0) is 13.7. The molecule has 0 atom stereocenters. The van der Waals surface area contributed by atoms with E-state index >= 15 is 0 Å². The predicted octanol–water partition coefficient (Wildman–Crippen LogP) is 4.06. The molecule has 2 aromatic carbocycles. The van der Waals surface area contributed by atoms with Crippen LogP contribution in [0.15, 0.2) is 46.9 Å². The van der Waals surface area contributed by atoms with Crippen molar-refractivity contribution in [3.05, 3.63) is 69.7 Å². The fourth-order valence-electron chi connectivity index (χ4n) is 1.81. The fourth-order valence-corrected chi connectivity index (χ4v) is 2.23. The molecule has 0 saturated heterocycles. The molecule has 0 aliphatic heterocycles. The molecule has 0 amide bonds. The molecule has 0 unspecified atom stereocenters. The van der Waals surface area contributed by atoms with Gasteiger partial charge in [0.1, 0.15) is 11.6 Å². The van der Waals surface area contributed by atoms with E-state index in [4.69, 9.17) is 0 Å². The van der Waals surface area contributed by atoms with Crippen molar-refractivity contribution >= 4 is 15.9 Å². The zero-order valence-electron chi connectivity index (χ0n) is 10.3. The smallest absolute Gasteiger partial charge is 0.137 e. The Morgan fingerprint density at radius 2 is 1.84 bits per heavy atom. The minimum atomic E-state index is -0.261. The van der Waals surface area contributed by atoms with Crippen LogP contribution in [0.4, 0.5) is 8.78 Å². The SMILES string of the molecule is Fc1cccc(CCNCc2ccc(F)c(Br)c2)c1. The summed E-state index contributed by atoms with van der Waals surface area (Å²) in [5.41, 5.74) is 1.97. The van der Waals surface area contributed by atoms with Crippen molar-refractivity contribution < 1.29 is 8.78 Å². The van der Waals surface area contributed by atoms with E-state index in [1.165, 1.54) is 18.2 Å². The van der Waals surface area contributed by atoms with Gasteiger partial charge in [-0.2, -0.15) is 0 Å². The van der Waals surface area contributed by atoms with Gasteiger partial charge in [0.25, 0.3) is 0 Å². The topological polar surface area (TPSA) is 12.0 Å². The van der Waals surface area contributed by atoms with Gasteiger partial charge in [-0.1, -0.05) is 18.2 Å². The third-order valence-electron chi connectivity index (χ3n) is 2.79. The number of halogens is 3. The van der Waals surface area contributed by atoms with E-state index in [9.17, 15) is 8.78 Å². The number of hydrogen-bond donors (Lipinski definition) is 1. The Labute approximate surface area is 119 Å². The lowest BCUT2D eigenvalue weighted by Crippen LogP contribution is -2.16. The van der Waals surface area contributed by atoms with Gasteiger partial charge in [-0.25, -0.2) is 8.78 Å². The molecule has 0 aliphatic rings. The lowest BCUT2D eigenvalue weighted by Gasteiger charge is -2.06. The first kappa shape index (κ1) is 14.2. The Morgan fingerprint density at radius 1 is 1.00 bits per heavy atom. The number of rotatable bonds is 5. The molecule has 0 aromatic heterocycles. The normalized spacial score (nSPS) is 10.7. The second-order valence-electron chi connectivity index (χ2n) is 4.31. The fraction of sp³-hybridized carbons (Fsp3) is 0.200. The Kier molecular flexibility index (Phi) is 5.05. The van der Waals surface area contributed by atoms with Gasteiger partial charge in [-0.15, -0.1) is 0 Å². The molecule has 1 nitrogen and oxygen atoms in total. The van der Waals surface area contributed by atoms with Crippen molar-refractivity contribution in [2.24, 2.45) is 0 Å². The van der Waals surface area contributed by atoms with Crippen molar-refractivity contribution in [2.75, 3.05) is 6.54 Å². The molecule has 0 aliphatic carbocycles. The maximum Gasteiger partial charge on any atom is 0.137 e. The van der Waals surface area contributed by atoms with Crippen LogP contribution in [0.2, 0.25) is 0 Å². The average molecular weight is 326 g/mol. The quantitative estimate of drug-likeness (QED) is 0.817. The van der Waals surface area contributed by atoms with E-state index < -0.39 is 0 Å². The highest BCUT2D eigenvalue weighted by molar-refractivity contribution is 9.10. The van der Waals surface area contributed by atoms with Crippen LogP contribution in [0.5, 0.6) is 0 Å². The molecule has 19 heavy (non-hydrogen) atoms. The molecule has 100 valence electrons. The Bertz CT molecular complexity index is 558. The van der Waals surface area contributed by atoms with E-state index in [0.717, 1.165) is 24.1 Å². The summed E-state index contributed by atoms with van der Waals surface area (Å²) in [4.78, 5) is 0. The van der Waals surface area contributed by atoms with Gasteiger partial charge in [0.15, 0.2) is 0 Å². The molecule has 0 fully saturated rings. The van der Waals surface area contributed by atoms with Gasteiger partial charge in [0.2, 0.25) is 0 Å². The molecular weight excluding hydrogens is 312 g/mol. The van der Waals surface area contributed by atoms with E-state index in [1.807, 2.05) is 6.07 Å². The van der Waals surface area contributed by atoms with Gasteiger partial charge in [-0.3, -0.25) is 0 Å². The van der Waals surface area contributed by atoms with Crippen molar-refractivity contribution in [3.8, 4) is 0 Å². The van der Waals surface area contributed by atoms with Crippen LogP contribution in [-0.2, 0) is 13.0 Å². The van der Waals surface area contributed by atoms with Crippen LogP contribution < -0.4 is 5.32 Å². The molecular formula is C15H14BrF2N. The van der Waals surface area contributed by atoms with Crippen LogP contribution in [0.3, 0.4) is 0 Å². The van der Waals surface area contributed by atoms with Crippen LogP contribution >= 0.6 is 15.9 Å². The summed E-state index contributed by atoms with van der Waals surface area (Å²) < 4.78 is 26.5. The maximum absolute atomic E-state index is 13.0. The minimum Gasteiger partial charge on any atom is -0.312 e. The molecule has 0 saturated carbocycles. The highest BCUT2D eigenvalue weighted by Crippen LogP contribution is 2.16. The largest absolute Gasteiger partial charge is 0.312 e. The molecule has 2 aromatic rings. The number of benzene rings is 2. The van der Waals surface area contributed by atoms with E-state index in [0.29, 0.717) is 11.0 Å². The summed E-state index contributed by atoms with van der Waals surface area (Å²) in [6.07, 6.45) is 0.764. The van der Waals surface area contributed by atoms with Crippen molar-refractivity contribution in [2.45, 2.75) is 13.0 Å². The van der Waals surface area contributed by atoms with Gasteiger partial charge < -0.3 is 5.32 Å². The molecule has 2 rings (SSSR count). The second-order valence-corrected chi connectivity index (χ2v) is 5.16. The summed E-state index contributed by atoms with van der Waals surface area (Å²) in [6, 6.07) is 11.5. The van der Waals surface area contributed by atoms with Gasteiger partial charge >= 0.3 is 0 Å². The monoisotopic (exact) mass is 325 g/mol. The summed E-state index contributed by atoms with van der Waals surface area (Å²) in [5.74, 6) is -0.469. The Balaban J connectivity index is 1.79. The summed E-state index contributed by atoms with van der Waals surface area (Å²) in [7, 11) is 0. The van der Waals surface area contributed by atoms with Gasteiger partial charge in [0.05, 0.1) is 4.47 Å². The third kappa shape index (κ3) is 4.40. The first-order valence-electron chi connectivity index (χ1n) is 6.04. The van der Waals surface area contributed by atoms with Crippen molar-refractivity contribution in [1.82, 2.24) is 5.32 Å². The summed E-state index contributed by atoms with van der Waals surface area (Å²) in [5, 5.41) is 3.25. The standard InChI is InChI=1S/C15H14BrF2N/c16-14-9-12(4-5-15(14)18)10-19-7-6-11-2-1-3-13(17)8-11/h1-5,8-9,19H,6-7,10H2. The van der Waals surface area contributed by atoms with Gasteiger partial charge in [0, 0.05) is 6.54 Å². The third-order valence-corrected chi connectivity index (χ3v) is 3.40. The molecule has 0 spiro atoms. The lowest BCUT2D eigenvalue weighted by atomic mass is 10.1. The maximum atomic E-state index is 13.0. The van der Waals surface area contributed by atoms with Gasteiger partial charge in [-0.05, 0) is 64.3 Å². The first-order chi connectivity index (χ1) is 9.15. The van der Waals surface area contributed by atoms with Crippen LogP contribution in [-0.4, -0.2) is 6.54 Å². The van der Waals surface area contributed by atoms with E-state index in [-0.39, 0.29) is 11.6 Å². The highest BCUT2D eigenvalue weighted by atomic mass is 79.9. The Morgan fingerprint density at radius 3 is 2.58 bits per heavy atom. The van der Waals surface area contributed by atoms with E-state index in [1.54, 1.807) is 18.2 Å². The van der Waals surface area contributed by atoms with Crippen LogP contribution in [0.25, 0.3) is 0 Å². The summed E-state index contributed by atoms with van der Waals surface area (Å²) in [6.45, 7) is 1.41. The minimum absolute atomic E-state index is 0.208. The first-order valence-corrected chi connectivity index (χ1v) is 6.83. The lowest BCUT2D eigenvalue weighted by molar-refractivity contribution is 0.617. The Hall–Kier alpha value is -1.26. The molecule has 0 radical (unpaired) electrons. The molecule has 1 N–H and O–H groups in total. The van der Waals surface area contributed by atoms with Crippen LogP contribution in [0.1, 0.15) is 11.1 Å². The molecule has 0 heterocycles. The van der Waals surface area contributed by atoms with E-state index in [2.05, 4.69) is 21.2 Å². The molecule has 4 heteroatoms. The summed E-state index contributed by atoms with van der Waals surface area (Å²) >= 11 is 3.16. The van der Waals surface area contributed by atoms with Crippen molar-refractivity contribution in [1.29, 1.82) is 0 Å². The molecule has 0 bridgehead atoms. The number of hydrogen-bond acceptors (Lipinski definition) is 1. The van der Waals surface area contributed by atoms with Crippen LogP contribution in [0, 0.1) is 11.6 Å². The number of nitrogens with one attached hydrogen (secondary N) is 1. The average Bonchev–Trinajstić information content (AvgIpc) is 2.39. The van der Waals surface area contributed by atoms with Crippen molar-refractivity contribution in [3.63, 3.8) is 0 Å². The highest BCUT2D eigenvalue weighted by Gasteiger charge is 2.00. The second kappa shape index (κ2) is 6.78.